The molecule has 3 nitrogen and oxygen atoms in total. The van der Waals surface area contributed by atoms with Gasteiger partial charge in [-0.3, -0.25) is 15.0 Å². The Morgan fingerprint density at radius 3 is 1.59 bits per heavy atom. The number of nitrogens with zero attached hydrogens (tertiary/aromatic N) is 3. The first kappa shape index (κ1) is 33.4. The van der Waals surface area contributed by atoms with E-state index in [4.69, 9.17) is 0 Å². The summed E-state index contributed by atoms with van der Waals surface area (Å²) >= 11 is 0. The third-order valence-electron chi connectivity index (χ3n) is 4.12. The number of hydrogen-bond acceptors (Lipinski definition) is 3. The lowest BCUT2D eigenvalue weighted by molar-refractivity contribution is 1.09. The molecule has 0 amide bonds. The Bertz CT molecular complexity index is 1080. The van der Waals surface area contributed by atoms with E-state index in [-0.39, 0.29) is 0 Å². The Kier molecular flexibility index (Phi) is 20.6. The maximum atomic E-state index is 4.22. The van der Waals surface area contributed by atoms with Crippen molar-refractivity contribution in [1.82, 2.24) is 15.0 Å². The molecule has 198 valence electrons. The van der Waals surface area contributed by atoms with Crippen LogP contribution in [0.3, 0.4) is 0 Å². The quantitative estimate of drug-likeness (QED) is 0.213. The molecule has 0 atom stereocenters. The monoisotopic (exact) mass is 497 g/mol. The van der Waals surface area contributed by atoms with E-state index in [0.29, 0.717) is 0 Å². The third kappa shape index (κ3) is 16.7. The molecule has 3 heteroatoms. The highest BCUT2D eigenvalue weighted by Gasteiger charge is 1.91. The number of aromatic nitrogens is 3. The second-order valence-electron chi connectivity index (χ2n) is 8.57. The average molecular weight is 498 g/mol. The van der Waals surface area contributed by atoms with Gasteiger partial charge in [-0.25, -0.2) is 0 Å². The molecule has 2 aromatic carbocycles. The summed E-state index contributed by atoms with van der Waals surface area (Å²) in [6, 6.07) is 24.4. The number of hydrogen-bond donors (Lipinski definition) is 0. The lowest BCUT2D eigenvalue weighted by Crippen LogP contribution is -1.77. The van der Waals surface area contributed by atoms with Gasteiger partial charge in [0.25, 0.3) is 0 Å². The van der Waals surface area contributed by atoms with Crippen molar-refractivity contribution < 1.29 is 0 Å². The van der Waals surface area contributed by atoms with Gasteiger partial charge in [0, 0.05) is 41.8 Å². The maximum absolute atomic E-state index is 4.22. The van der Waals surface area contributed by atoms with Crippen LogP contribution in [0.1, 0.15) is 71.9 Å². The first-order valence-corrected chi connectivity index (χ1v) is 13.4. The number of rotatable bonds is 0. The topological polar surface area (TPSA) is 38.7 Å². The fourth-order valence-electron chi connectivity index (χ4n) is 2.71. The minimum absolute atomic E-state index is 1.07. The van der Waals surface area contributed by atoms with E-state index < -0.39 is 0 Å². The van der Waals surface area contributed by atoms with Crippen molar-refractivity contribution in [3.05, 3.63) is 115 Å². The summed E-state index contributed by atoms with van der Waals surface area (Å²) in [7, 11) is 0. The van der Waals surface area contributed by atoms with Gasteiger partial charge in [0.05, 0.1) is 5.52 Å². The fraction of sp³-hybridized carbons (Fsp3) is 0.324. The van der Waals surface area contributed by atoms with Crippen LogP contribution in [0.15, 0.2) is 104 Å². The zero-order valence-corrected chi connectivity index (χ0v) is 24.3. The number of fused-ring (bicyclic) bond motifs is 2. The summed E-state index contributed by atoms with van der Waals surface area (Å²) < 4.78 is 0. The van der Waals surface area contributed by atoms with E-state index in [2.05, 4.69) is 107 Å². The van der Waals surface area contributed by atoms with Gasteiger partial charge in [-0.05, 0) is 55.6 Å². The van der Waals surface area contributed by atoms with Crippen LogP contribution in [0.5, 0.6) is 0 Å². The second kappa shape index (κ2) is 22.8. The van der Waals surface area contributed by atoms with Crippen LogP contribution in [-0.4, -0.2) is 15.0 Å². The van der Waals surface area contributed by atoms with Crippen molar-refractivity contribution in [2.75, 3.05) is 0 Å². The Morgan fingerprint density at radius 1 is 0.486 bits per heavy atom. The summed E-state index contributed by atoms with van der Waals surface area (Å²) in [5, 5.41) is 3.69. The van der Waals surface area contributed by atoms with E-state index in [1.54, 1.807) is 12.4 Å². The highest BCUT2D eigenvalue weighted by atomic mass is 14.6. The highest BCUT2D eigenvalue weighted by Crippen LogP contribution is 2.13. The molecule has 0 aliphatic heterocycles. The lowest BCUT2D eigenvalue weighted by atomic mass is 10.1. The van der Waals surface area contributed by atoms with Crippen LogP contribution < -0.4 is 0 Å². The predicted molar refractivity (Wildman–Crippen MR) is 165 cm³/mol. The number of benzene rings is 2. The van der Waals surface area contributed by atoms with E-state index in [1.165, 1.54) is 46.5 Å². The molecule has 37 heavy (non-hydrogen) atoms. The van der Waals surface area contributed by atoms with Gasteiger partial charge >= 0.3 is 0 Å². The van der Waals surface area contributed by atoms with Gasteiger partial charge in [-0.2, -0.15) is 0 Å². The molecular weight excluding hydrogens is 450 g/mol. The first-order chi connectivity index (χ1) is 18.0. The van der Waals surface area contributed by atoms with E-state index >= 15 is 0 Å². The van der Waals surface area contributed by atoms with Crippen LogP contribution in [0, 0.1) is 13.8 Å². The van der Waals surface area contributed by atoms with Gasteiger partial charge in [0.15, 0.2) is 0 Å². The van der Waals surface area contributed by atoms with E-state index in [9.17, 15) is 0 Å². The number of aryl methyl sites for hydroxylation is 2. The standard InChI is InChI=1S/2C10H9N.C5H5N.3C3H8/c1-8-2-3-10-7-11-5-4-9(10)6-8;1-8-4-5-10-9(7-8)3-2-6-11-10;1-2-4-6-5-3-1;3*1-3-2/h2*2-7H,1H3;1-5H;3*3H2,1-2H3. The molecule has 0 unspecified atom stereocenters. The summed E-state index contributed by atoms with van der Waals surface area (Å²) in [4.78, 5) is 12.0. The van der Waals surface area contributed by atoms with Crippen LogP contribution >= 0.6 is 0 Å². The molecule has 5 aromatic rings. The summed E-state index contributed by atoms with van der Waals surface area (Å²) in [5.74, 6) is 0. The largest absolute Gasteiger partial charge is 0.265 e. The Morgan fingerprint density at radius 2 is 1.05 bits per heavy atom. The molecule has 0 saturated heterocycles. The van der Waals surface area contributed by atoms with Gasteiger partial charge in [-0.1, -0.05) is 108 Å². The fourth-order valence-corrected chi connectivity index (χ4v) is 2.71. The molecule has 0 spiro atoms. The van der Waals surface area contributed by atoms with Gasteiger partial charge in [0.1, 0.15) is 0 Å². The van der Waals surface area contributed by atoms with Crippen molar-refractivity contribution in [2.45, 2.75) is 74.7 Å². The molecule has 0 aliphatic rings. The Labute approximate surface area is 226 Å². The molecule has 0 N–H and O–H groups in total. The van der Waals surface area contributed by atoms with Crippen LogP contribution in [-0.2, 0) is 0 Å². The maximum Gasteiger partial charge on any atom is 0.0702 e. The summed E-state index contributed by atoms with van der Waals surface area (Å²) in [6.07, 6.45) is 12.8. The van der Waals surface area contributed by atoms with E-state index in [0.717, 1.165) is 5.52 Å². The minimum atomic E-state index is 1.07. The van der Waals surface area contributed by atoms with Crippen molar-refractivity contribution in [1.29, 1.82) is 0 Å². The van der Waals surface area contributed by atoms with Gasteiger partial charge < -0.3 is 0 Å². The molecule has 3 heterocycles. The van der Waals surface area contributed by atoms with Crippen molar-refractivity contribution in [3.63, 3.8) is 0 Å². The van der Waals surface area contributed by atoms with Crippen molar-refractivity contribution in [2.24, 2.45) is 0 Å². The van der Waals surface area contributed by atoms with E-state index in [1.807, 2.05) is 55.0 Å². The molecule has 5 rings (SSSR count). The molecule has 0 saturated carbocycles. The van der Waals surface area contributed by atoms with Crippen LogP contribution in [0.4, 0.5) is 0 Å². The zero-order valence-electron chi connectivity index (χ0n) is 24.3. The molecule has 3 aromatic heterocycles. The molecule has 0 bridgehead atoms. The van der Waals surface area contributed by atoms with Crippen LogP contribution in [0.2, 0.25) is 0 Å². The van der Waals surface area contributed by atoms with Gasteiger partial charge in [0.2, 0.25) is 0 Å². The average Bonchev–Trinajstić information content (AvgIpc) is 2.92. The van der Waals surface area contributed by atoms with Gasteiger partial charge in [-0.15, -0.1) is 0 Å². The number of pyridine rings is 3. The molecule has 0 fully saturated rings. The second-order valence-corrected chi connectivity index (χ2v) is 8.57. The normalized spacial score (nSPS) is 8.86. The SMILES string of the molecule is CCC.CCC.CCC.Cc1ccc2cnccc2c1.Cc1ccc2ncccc2c1.c1ccncc1. The lowest BCUT2D eigenvalue weighted by Gasteiger charge is -1.96. The Hall–Kier alpha value is -3.59. The van der Waals surface area contributed by atoms with Crippen LogP contribution in [0.25, 0.3) is 21.7 Å². The third-order valence-corrected chi connectivity index (χ3v) is 4.12. The summed E-state index contributed by atoms with van der Waals surface area (Å²) in [5.41, 5.74) is 3.65. The molecule has 0 radical (unpaired) electrons. The first-order valence-electron chi connectivity index (χ1n) is 13.4. The molecule has 0 aliphatic carbocycles. The highest BCUT2D eigenvalue weighted by molar-refractivity contribution is 5.82. The van der Waals surface area contributed by atoms with Crippen molar-refractivity contribution >= 4 is 21.7 Å². The molecular formula is C34H47N3. The Balaban J connectivity index is 0.000000466. The smallest absolute Gasteiger partial charge is 0.0702 e. The van der Waals surface area contributed by atoms with Crippen molar-refractivity contribution in [3.8, 4) is 0 Å². The zero-order chi connectivity index (χ0) is 27.7. The minimum Gasteiger partial charge on any atom is -0.265 e. The summed E-state index contributed by atoms with van der Waals surface area (Å²) in [6.45, 7) is 16.9. The predicted octanol–water partition coefficient (Wildman–Crippen LogP) is 10.4.